The van der Waals surface area contributed by atoms with Crippen LogP contribution in [-0.2, 0) is 9.53 Å². The van der Waals surface area contributed by atoms with Crippen LogP contribution in [0.4, 0.5) is 0 Å². The molecule has 0 saturated carbocycles. The number of carbonyl (C=O) groups is 1. The molecule has 0 fully saturated rings. The van der Waals surface area contributed by atoms with Gasteiger partial charge in [-0.3, -0.25) is 0 Å². The average molecular weight is 185 g/mol. The molecule has 0 unspecified atom stereocenters. The van der Waals surface area contributed by atoms with Crippen LogP contribution in [0.2, 0.25) is 0 Å². The predicted molar refractivity (Wildman–Crippen MR) is 53.6 cm³/mol. The second-order valence-corrected chi connectivity index (χ2v) is 3.23. The number of hydrogen-bond donors (Lipinski definition) is 0. The van der Waals surface area contributed by atoms with Crippen molar-refractivity contribution in [3.8, 4) is 0 Å². The summed E-state index contributed by atoms with van der Waals surface area (Å²) in [6.45, 7) is 6.87. The maximum absolute atomic E-state index is 11.1. The molecule has 76 valence electrons. The van der Waals surface area contributed by atoms with Crippen molar-refractivity contribution in [3.05, 3.63) is 12.2 Å². The van der Waals surface area contributed by atoms with E-state index in [9.17, 15) is 4.79 Å². The van der Waals surface area contributed by atoms with Crippen LogP contribution in [0.5, 0.6) is 0 Å². The molecule has 3 heteroatoms. The summed E-state index contributed by atoms with van der Waals surface area (Å²) >= 11 is 0. The van der Waals surface area contributed by atoms with Gasteiger partial charge in [0.05, 0.1) is 6.61 Å². The molecule has 0 N–H and O–H groups in total. The molecule has 0 aliphatic carbocycles. The molecule has 0 aliphatic rings. The molecule has 0 bridgehead atoms. The summed E-state index contributed by atoms with van der Waals surface area (Å²) in [5.74, 6) is -0.263. The number of esters is 1. The van der Waals surface area contributed by atoms with Crippen molar-refractivity contribution in [2.75, 3.05) is 27.2 Å². The summed E-state index contributed by atoms with van der Waals surface area (Å²) in [4.78, 5) is 13.2. The zero-order valence-electron chi connectivity index (χ0n) is 8.80. The fraction of sp³-hybridized carbons (Fsp3) is 0.700. The van der Waals surface area contributed by atoms with E-state index >= 15 is 0 Å². The lowest BCUT2D eigenvalue weighted by atomic mass is 10.1. The third kappa shape index (κ3) is 6.34. The van der Waals surface area contributed by atoms with Gasteiger partial charge in [0.25, 0.3) is 0 Å². The topological polar surface area (TPSA) is 29.5 Å². The summed E-state index contributed by atoms with van der Waals surface area (Å²) in [5, 5.41) is 0. The Balaban J connectivity index is 3.56. The van der Waals surface area contributed by atoms with Crippen LogP contribution in [0.25, 0.3) is 0 Å². The second-order valence-electron chi connectivity index (χ2n) is 3.23. The first-order valence-corrected chi connectivity index (χ1v) is 4.57. The van der Waals surface area contributed by atoms with Gasteiger partial charge in [-0.15, -0.1) is 0 Å². The van der Waals surface area contributed by atoms with E-state index in [4.69, 9.17) is 4.74 Å². The first-order chi connectivity index (χ1) is 6.07. The van der Waals surface area contributed by atoms with Gasteiger partial charge in [0.2, 0.25) is 0 Å². The van der Waals surface area contributed by atoms with Crippen molar-refractivity contribution >= 4 is 5.97 Å². The lowest BCUT2D eigenvalue weighted by Gasteiger charge is -2.09. The molecule has 0 radical (unpaired) electrons. The minimum atomic E-state index is -0.263. The first kappa shape index (κ1) is 12.2. The van der Waals surface area contributed by atoms with Gasteiger partial charge in [-0.05, 0) is 40.4 Å². The van der Waals surface area contributed by atoms with Gasteiger partial charge >= 0.3 is 5.97 Å². The molecule has 3 nitrogen and oxygen atoms in total. The van der Waals surface area contributed by atoms with E-state index in [1.54, 1.807) is 6.92 Å². The maximum atomic E-state index is 11.1. The Morgan fingerprint density at radius 1 is 1.46 bits per heavy atom. The quantitative estimate of drug-likeness (QED) is 0.463. The highest BCUT2D eigenvalue weighted by molar-refractivity contribution is 5.87. The van der Waals surface area contributed by atoms with Crippen LogP contribution in [0.3, 0.4) is 0 Å². The van der Waals surface area contributed by atoms with Crippen LogP contribution < -0.4 is 0 Å². The molecule has 0 aromatic rings. The van der Waals surface area contributed by atoms with E-state index < -0.39 is 0 Å². The van der Waals surface area contributed by atoms with E-state index in [0.29, 0.717) is 12.2 Å². The number of hydrogen-bond acceptors (Lipinski definition) is 3. The highest BCUT2D eigenvalue weighted by atomic mass is 16.5. The van der Waals surface area contributed by atoms with E-state index in [1.807, 2.05) is 14.1 Å². The molecule has 0 aromatic heterocycles. The average Bonchev–Trinajstić information content (AvgIpc) is 2.04. The van der Waals surface area contributed by atoms with Gasteiger partial charge in [0.1, 0.15) is 0 Å². The first-order valence-electron chi connectivity index (χ1n) is 4.57. The van der Waals surface area contributed by atoms with Crippen molar-refractivity contribution in [2.24, 2.45) is 0 Å². The van der Waals surface area contributed by atoms with E-state index in [0.717, 1.165) is 19.4 Å². The van der Waals surface area contributed by atoms with Crippen molar-refractivity contribution < 1.29 is 9.53 Å². The third-order valence-electron chi connectivity index (χ3n) is 1.65. The smallest absolute Gasteiger partial charge is 0.333 e. The van der Waals surface area contributed by atoms with Crippen LogP contribution in [0.15, 0.2) is 12.2 Å². The van der Waals surface area contributed by atoms with E-state index in [2.05, 4.69) is 11.5 Å². The standard InChI is InChI=1S/C10H19NO2/c1-5-13-10(12)9(2)7-6-8-11(3)4/h2,5-8H2,1,3-4H3. The maximum Gasteiger partial charge on any atom is 0.333 e. The Labute approximate surface area is 80.4 Å². The summed E-state index contributed by atoms with van der Waals surface area (Å²) in [7, 11) is 4.01. The van der Waals surface area contributed by atoms with Gasteiger partial charge in [0.15, 0.2) is 0 Å². The van der Waals surface area contributed by atoms with Crippen LogP contribution in [-0.4, -0.2) is 38.1 Å². The van der Waals surface area contributed by atoms with E-state index in [1.165, 1.54) is 0 Å². The zero-order valence-corrected chi connectivity index (χ0v) is 8.80. The molecular weight excluding hydrogens is 166 g/mol. The number of ether oxygens (including phenoxy) is 1. The summed E-state index contributed by atoms with van der Waals surface area (Å²) in [6, 6.07) is 0. The zero-order chi connectivity index (χ0) is 10.3. The molecule has 0 spiro atoms. The Kier molecular flexibility index (Phi) is 6.24. The molecule has 0 rings (SSSR count). The van der Waals surface area contributed by atoms with Crippen molar-refractivity contribution in [3.63, 3.8) is 0 Å². The normalized spacial score (nSPS) is 10.2. The second kappa shape index (κ2) is 6.66. The number of nitrogens with zero attached hydrogens (tertiary/aromatic N) is 1. The minimum absolute atomic E-state index is 0.263. The van der Waals surface area contributed by atoms with Gasteiger partial charge in [-0.25, -0.2) is 4.79 Å². The lowest BCUT2D eigenvalue weighted by Crippen LogP contribution is -2.14. The van der Waals surface area contributed by atoms with Crippen LogP contribution in [0.1, 0.15) is 19.8 Å². The molecule has 0 aromatic carbocycles. The summed E-state index contributed by atoms with van der Waals surface area (Å²) in [6.07, 6.45) is 1.67. The van der Waals surface area contributed by atoms with Gasteiger partial charge in [-0.2, -0.15) is 0 Å². The monoisotopic (exact) mass is 185 g/mol. The van der Waals surface area contributed by atoms with E-state index in [-0.39, 0.29) is 5.97 Å². The van der Waals surface area contributed by atoms with Crippen molar-refractivity contribution in [2.45, 2.75) is 19.8 Å². The Hall–Kier alpha value is -0.830. The summed E-state index contributed by atoms with van der Waals surface area (Å²) < 4.78 is 4.81. The van der Waals surface area contributed by atoms with Crippen molar-refractivity contribution in [1.29, 1.82) is 0 Å². The van der Waals surface area contributed by atoms with Gasteiger partial charge in [-0.1, -0.05) is 6.58 Å². The number of carbonyl (C=O) groups excluding carboxylic acids is 1. The third-order valence-corrected chi connectivity index (χ3v) is 1.65. The molecule has 0 amide bonds. The largest absolute Gasteiger partial charge is 0.463 e. The fourth-order valence-corrected chi connectivity index (χ4v) is 0.944. The molecule has 0 aliphatic heterocycles. The minimum Gasteiger partial charge on any atom is -0.463 e. The Morgan fingerprint density at radius 3 is 2.54 bits per heavy atom. The number of rotatable bonds is 6. The van der Waals surface area contributed by atoms with Crippen LogP contribution in [0, 0.1) is 0 Å². The molecule has 0 heterocycles. The SMILES string of the molecule is C=C(CCCN(C)C)C(=O)OCC. The van der Waals surface area contributed by atoms with Crippen LogP contribution >= 0.6 is 0 Å². The predicted octanol–water partition coefficient (Wildman–Crippen LogP) is 1.45. The Bertz CT molecular complexity index is 176. The fourth-order valence-electron chi connectivity index (χ4n) is 0.944. The lowest BCUT2D eigenvalue weighted by molar-refractivity contribution is -0.138. The molecule has 0 saturated heterocycles. The Morgan fingerprint density at radius 2 is 2.08 bits per heavy atom. The van der Waals surface area contributed by atoms with Crippen molar-refractivity contribution in [1.82, 2.24) is 4.90 Å². The molecule has 0 atom stereocenters. The van der Waals surface area contributed by atoms with Gasteiger partial charge in [0, 0.05) is 5.57 Å². The molecule has 13 heavy (non-hydrogen) atoms. The summed E-state index contributed by atoms with van der Waals surface area (Å²) in [5.41, 5.74) is 0.573. The van der Waals surface area contributed by atoms with Gasteiger partial charge < -0.3 is 9.64 Å². The highest BCUT2D eigenvalue weighted by Gasteiger charge is 2.06. The highest BCUT2D eigenvalue weighted by Crippen LogP contribution is 2.04. The molecular formula is C10H19NO2.